The van der Waals surface area contributed by atoms with E-state index in [1.54, 1.807) is 13.0 Å². The summed E-state index contributed by atoms with van der Waals surface area (Å²) >= 11 is 0. The highest BCUT2D eigenvalue weighted by Gasteiger charge is 2.49. The van der Waals surface area contributed by atoms with Gasteiger partial charge in [0.2, 0.25) is 0 Å². The third kappa shape index (κ3) is 3.46. The second kappa shape index (κ2) is 7.06. The van der Waals surface area contributed by atoms with Crippen LogP contribution in [-0.4, -0.2) is 48.9 Å². The Morgan fingerprint density at radius 3 is 2.56 bits per heavy atom. The maximum absolute atomic E-state index is 12.9. The van der Waals surface area contributed by atoms with E-state index in [4.69, 9.17) is 4.74 Å². The number of nitrogens with zero attached hydrogens (tertiary/aromatic N) is 1. The molecule has 4 amide bonds. The third-order valence-electron chi connectivity index (χ3n) is 4.53. The number of esters is 1. The quantitative estimate of drug-likeness (QED) is 0.602. The number of ether oxygens (including phenoxy) is 1. The Labute approximate surface area is 155 Å². The van der Waals surface area contributed by atoms with Crippen LogP contribution in [0.2, 0.25) is 0 Å². The van der Waals surface area contributed by atoms with Gasteiger partial charge in [-0.3, -0.25) is 19.3 Å². The van der Waals surface area contributed by atoms with Gasteiger partial charge in [0.05, 0.1) is 0 Å². The zero-order valence-electron chi connectivity index (χ0n) is 14.9. The average molecular weight is 369 g/mol. The molecule has 0 radical (unpaired) electrons. The Balaban J connectivity index is 1.79. The molecule has 1 aliphatic rings. The molecule has 2 aromatic rings. The van der Waals surface area contributed by atoms with Gasteiger partial charge in [-0.25, -0.2) is 4.79 Å². The number of benzene rings is 2. The number of hydrogen-bond acceptors (Lipinski definition) is 5. The third-order valence-corrected chi connectivity index (χ3v) is 4.53. The largest absolute Gasteiger partial charge is 0.454 e. The molecule has 0 saturated carbocycles. The molecule has 0 aromatic heterocycles. The van der Waals surface area contributed by atoms with Crippen LogP contribution >= 0.6 is 0 Å². The van der Waals surface area contributed by atoms with Gasteiger partial charge in [0.15, 0.2) is 6.61 Å². The molecule has 0 bridgehead atoms. The van der Waals surface area contributed by atoms with Crippen molar-refractivity contribution in [2.75, 3.05) is 20.2 Å². The van der Waals surface area contributed by atoms with Crippen LogP contribution in [0.15, 0.2) is 42.5 Å². The standard InChI is InChI=1S/C19H19N3O5/c1-19(14-8-7-12-5-3-4-6-13(12)9-14)17(25)22(18(26)21-19)10-16(24)27-11-15(23)20-2/h3-9H,10-11H2,1-2H3,(H,20,23)(H,21,26)/t19-/m1/s1. The number of fused-ring (bicyclic) bond motifs is 1. The lowest BCUT2D eigenvalue weighted by Crippen LogP contribution is -2.41. The number of carbonyl (C=O) groups excluding carboxylic acids is 4. The van der Waals surface area contributed by atoms with Crippen molar-refractivity contribution in [3.8, 4) is 0 Å². The van der Waals surface area contributed by atoms with Gasteiger partial charge in [0, 0.05) is 7.05 Å². The van der Waals surface area contributed by atoms with Gasteiger partial charge in [-0.15, -0.1) is 0 Å². The van der Waals surface area contributed by atoms with E-state index in [-0.39, 0.29) is 0 Å². The Bertz CT molecular complexity index is 942. The minimum absolute atomic E-state index is 0.471. The highest BCUT2D eigenvalue weighted by molar-refractivity contribution is 6.09. The number of amides is 4. The lowest BCUT2D eigenvalue weighted by Gasteiger charge is -2.22. The molecule has 0 spiro atoms. The summed E-state index contributed by atoms with van der Waals surface area (Å²) in [4.78, 5) is 48.9. The van der Waals surface area contributed by atoms with Gasteiger partial charge in [-0.05, 0) is 29.3 Å². The molecule has 0 unspecified atom stereocenters. The van der Waals surface area contributed by atoms with Crippen molar-refractivity contribution in [2.45, 2.75) is 12.5 Å². The maximum atomic E-state index is 12.9. The maximum Gasteiger partial charge on any atom is 0.326 e. The Hall–Kier alpha value is -3.42. The zero-order valence-corrected chi connectivity index (χ0v) is 14.9. The Morgan fingerprint density at radius 2 is 1.85 bits per heavy atom. The van der Waals surface area contributed by atoms with Crippen LogP contribution in [0.4, 0.5) is 4.79 Å². The van der Waals surface area contributed by atoms with Gasteiger partial charge < -0.3 is 15.4 Å². The van der Waals surface area contributed by atoms with Crippen LogP contribution in [0.25, 0.3) is 10.8 Å². The number of likely N-dealkylation sites (N-methyl/N-ethyl adjacent to an activating group) is 1. The van der Waals surface area contributed by atoms with Crippen molar-refractivity contribution in [1.29, 1.82) is 0 Å². The van der Waals surface area contributed by atoms with Crippen LogP contribution < -0.4 is 10.6 Å². The predicted octanol–water partition coefficient (Wildman–Crippen LogP) is 0.896. The van der Waals surface area contributed by atoms with Crippen molar-refractivity contribution < 1.29 is 23.9 Å². The summed E-state index contributed by atoms with van der Waals surface area (Å²) < 4.78 is 4.76. The molecule has 2 N–H and O–H groups in total. The first-order valence-corrected chi connectivity index (χ1v) is 8.35. The van der Waals surface area contributed by atoms with Crippen molar-refractivity contribution >= 4 is 34.6 Å². The van der Waals surface area contributed by atoms with E-state index in [0.717, 1.165) is 15.7 Å². The molecular weight excluding hydrogens is 350 g/mol. The monoisotopic (exact) mass is 369 g/mol. The molecular formula is C19H19N3O5. The normalized spacial score (nSPS) is 19.1. The van der Waals surface area contributed by atoms with Crippen molar-refractivity contribution in [3.05, 3.63) is 48.0 Å². The molecule has 0 aliphatic carbocycles. The fourth-order valence-electron chi connectivity index (χ4n) is 2.93. The second-order valence-corrected chi connectivity index (χ2v) is 6.34. The van der Waals surface area contributed by atoms with E-state index < -0.39 is 42.5 Å². The van der Waals surface area contributed by atoms with Crippen molar-refractivity contribution in [2.24, 2.45) is 0 Å². The molecule has 1 saturated heterocycles. The van der Waals surface area contributed by atoms with E-state index in [9.17, 15) is 19.2 Å². The summed E-state index contributed by atoms with van der Waals surface area (Å²) in [6.07, 6.45) is 0. The average Bonchev–Trinajstić information content (AvgIpc) is 2.89. The first-order chi connectivity index (χ1) is 12.8. The van der Waals surface area contributed by atoms with Crippen LogP contribution in [0.5, 0.6) is 0 Å². The molecule has 3 rings (SSSR count). The number of nitrogens with one attached hydrogen (secondary N) is 2. The lowest BCUT2D eigenvalue weighted by atomic mass is 9.90. The van der Waals surface area contributed by atoms with E-state index in [1.807, 2.05) is 36.4 Å². The summed E-state index contributed by atoms with van der Waals surface area (Å²) in [5.74, 6) is -1.88. The van der Waals surface area contributed by atoms with Gasteiger partial charge in [0.1, 0.15) is 12.1 Å². The fourth-order valence-corrected chi connectivity index (χ4v) is 2.93. The molecule has 1 aliphatic heterocycles. The molecule has 140 valence electrons. The molecule has 1 atom stereocenters. The topological polar surface area (TPSA) is 105 Å². The Kier molecular flexibility index (Phi) is 4.81. The van der Waals surface area contributed by atoms with Crippen LogP contribution in [-0.2, 0) is 24.7 Å². The van der Waals surface area contributed by atoms with Gasteiger partial charge >= 0.3 is 12.0 Å². The van der Waals surface area contributed by atoms with Gasteiger partial charge in [-0.2, -0.15) is 0 Å². The smallest absolute Gasteiger partial charge is 0.326 e. The SMILES string of the molecule is CNC(=O)COC(=O)CN1C(=O)N[C@](C)(c2ccc3ccccc3c2)C1=O. The number of hydrogen-bond donors (Lipinski definition) is 2. The number of urea groups is 1. The molecule has 1 heterocycles. The van der Waals surface area contributed by atoms with Crippen LogP contribution in [0.3, 0.4) is 0 Å². The number of carbonyl (C=O) groups is 4. The Morgan fingerprint density at radius 1 is 1.15 bits per heavy atom. The van der Waals surface area contributed by atoms with Gasteiger partial charge in [-0.1, -0.05) is 36.4 Å². The summed E-state index contributed by atoms with van der Waals surface area (Å²) in [5, 5.41) is 6.89. The highest BCUT2D eigenvalue weighted by Crippen LogP contribution is 2.30. The predicted molar refractivity (Wildman–Crippen MR) is 96.6 cm³/mol. The lowest BCUT2D eigenvalue weighted by molar-refractivity contribution is -0.151. The molecule has 8 heteroatoms. The molecule has 2 aromatic carbocycles. The van der Waals surface area contributed by atoms with E-state index in [1.165, 1.54) is 7.05 Å². The van der Waals surface area contributed by atoms with Crippen LogP contribution in [0.1, 0.15) is 12.5 Å². The highest BCUT2D eigenvalue weighted by atomic mass is 16.5. The second-order valence-electron chi connectivity index (χ2n) is 6.34. The van der Waals surface area contributed by atoms with Crippen LogP contribution in [0, 0.1) is 0 Å². The summed E-state index contributed by atoms with van der Waals surface area (Å²) in [6.45, 7) is 0.555. The van der Waals surface area contributed by atoms with E-state index in [2.05, 4.69) is 10.6 Å². The summed E-state index contributed by atoms with van der Waals surface area (Å²) in [7, 11) is 1.41. The summed E-state index contributed by atoms with van der Waals surface area (Å²) in [5.41, 5.74) is -0.678. The number of imide groups is 1. The zero-order chi connectivity index (χ0) is 19.6. The molecule has 27 heavy (non-hydrogen) atoms. The molecule has 1 fully saturated rings. The van der Waals surface area contributed by atoms with E-state index in [0.29, 0.717) is 5.56 Å². The van der Waals surface area contributed by atoms with Gasteiger partial charge in [0.25, 0.3) is 11.8 Å². The summed E-state index contributed by atoms with van der Waals surface area (Å²) in [6, 6.07) is 12.5. The van der Waals surface area contributed by atoms with Crippen molar-refractivity contribution in [1.82, 2.24) is 15.5 Å². The molecule has 8 nitrogen and oxygen atoms in total. The minimum atomic E-state index is -1.29. The van der Waals surface area contributed by atoms with Crippen molar-refractivity contribution in [3.63, 3.8) is 0 Å². The minimum Gasteiger partial charge on any atom is -0.454 e. The fraction of sp³-hybridized carbons (Fsp3) is 0.263. The first kappa shape index (κ1) is 18.4. The first-order valence-electron chi connectivity index (χ1n) is 8.35. The van der Waals surface area contributed by atoms with E-state index >= 15 is 0 Å². The number of rotatable bonds is 5.